The first-order chi connectivity index (χ1) is 5.20. The fourth-order valence-corrected chi connectivity index (χ4v) is 2.02. The third-order valence-electron chi connectivity index (χ3n) is 1.71. The van der Waals surface area contributed by atoms with E-state index in [1.165, 1.54) is 11.8 Å². The lowest BCUT2D eigenvalue weighted by molar-refractivity contribution is -0.112. The van der Waals surface area contributed by atoms with Crippen LogP contribution in [-0.4, -0.2) is 23.5 Å². The first kappa shape index (κ1) is 9.07. The highest BCUT2D eigenvalue weighted by atomic mass is 32.2. The summed E-state index contributed by atoms with van der Waals surface area (Å²) in [6.07, 6.45) is 1.01. The molecule has 1 atom stereocenters. The van der Waals surface area contributed by atoms with Gasteiger partial charge in [0.05, 0.1) is 6.04 Å². The fourth-order valence-electron chi connectivity index (χ4n) is 1.06. The van der Waals surface area contributed by atoms with Crippen molar-refractivity contribution in [2.24, 2.45) is 5.92 Å². The standard InChI is InChI=1S/C8H15NOS/c1-6(2)5-9-7-3-4-11-8(7)10/h6-7,9H,3-5H2,1-2H3/t7-/m1/s1. The highest BCUT2D eigenvalue weighted by molar-refractivity contribution is 8.14. The first-order valence-corrected chi connectivity index (χ1v) is 5.08. The lowest BCUT2D eigenvalue weighted by Gasteiger charge is -2.11. The molecule has 0 amide bonds. The molecule has 0 spiro atoms. The van der Waals surface area contributed by atoms with Gasteiger partial charge in [0.15, 0.2) is 0 Å². The van der Waals surface area contributed by atoms with E-state index in [1.54, 1.807) is 0 Å². The van der Waals surface area contributed by atoms with Crippen molar-refractivity contribution in [2.45, 2.75) is 26.3 Å². The zero-order chi connectivity index (χ0) is 8.27. The minimum atomic E-state index is 0.141. The van der Waals surface area contributed by atoms with Crippen LogP contribution in [0.5, 0.6) is 0 Å². The second-order valence-corrected chi connectivity index (χ2v) is 4.41. The molecule has 1 aliphatic heterocycles. The van der Waals surface area contributed by atoms with Crippen LogP contribution in [0.25, 0.3) is 0 Å². The molecule has 0 unspecified atom stereocenters. The Bertz CT molecular complexity index is 147. The van der Waals surface area contributed by atoms with Gasteiger partial charge < -0.3 is 5.32 Å². The van der Waals surface area contributed by atoms with Crippen LogP contribution in [0.4, 0.5) is 0 Å². The third-order valence-corrected chi connectivity index (χ3v) is 2.72. The summed E-state index contributed by atoms with van der Waals surface area (Å²) in [5.74, 6) is 1.63. The van der Waals surface area contributed by atoms with E-state index in [9.17, 15) is 4.79 Å². The number of hydrogen-bond acceptors (Lipinski definition) is 3. The van der Waals surface area contributed by atoms with Crippen molar-refractivity contribution in [2.75, 3.05) is 12.3 Å². The van der Waals surface area contributed by atoms with Gasteiger partial charge in [0, 0.05) is 5.75 Å². The average molecular weight is 173 g/mol. The average Bonchev–Trinajstić information content (AvgIpc) is 2.31. The maximum absolute atomic E-state index is 11.1. The van der Waals surface area contributed by atoms with Crippen molar-refractivity contribution in [1.29, 1.82) is 0 Å². The summed E-state index contributed by atoms with van der Waals surface area (Å²) in [6, 6.07) is 0.141. The van der Waals surface area contributed by atoms with E-state index in [1.807, 2.05) is 0 Å². The molecule has 2 nitrogen and oxygen atoms in total. The van der Waals surface area contributed by atoms with E-state index in [-0.39, 0.29) is 6.04 Å². The first-order valence-electron chi connectivity index (χ1n) is 4.10. The molecular formula is C8H15NOS. The van der Waals surface area contributed by atoms with Crippen LogP contribution < -0.4 is 5.32 Å². The van der Waals surface area contributed by atoms with Crippen molar-refractivity contribution in [3.8, 4) is 0 Å². The van der Waals surface area contributed by atoms with E-state index in [0.29, 0.717) is 11.0 Å². The summed E-state index contributed by atoms with van der Waals surface area (Å²) in [7, 11) is 0. The zero-order valence-electron chi connectivity index (χ0n) is 7.09. The van der Waals surface area contributed by atoms with Crippen LogP contribution in [0.2, 0.25) is 0 Å². The Hall–Kier alpha value is -0.0200. The minimum absolute atomic E-state index is 0.141. The zero-order valence-corrected chi connectivity index (χ0v) is 7.91. The lowest BCUT2D eigenvalue weighted by Crippen LogP contribution is -2.34. The molecule has 0 bridgehead atoms. The largest absolute Gasteiger partial charge is 0.306 e. The van der Waals surface area contributed by atoms with Crippen LogP contribution in [0.15, 0.2) is 0 Å². The third kappa shape index (κ3) is 2.83. The van der Waals surface area contributed by atoms with Gasteiger partial charge >= 0.3 is 0 Å². The van der Waals surface area contributed by atoms with Crippen LogP contribution in [-0.2, 0) is 4.79 Å². The summed E-state index contributed by atoms with van der Waals surface area (Å²) >= 11 is 1.46. The molecule has 1 rings (SSSR count). The Balaban J connectivity index is 2.20. The van der Waals surface area contributed by atoms with Crippen molar-refractivity contribution < 1.29 is 4.79 Å². The molecule has 64 valence electrons. The number of nitrogens with one attached hydrogen (secondary N) is 1. The Kier molecular flexibility index (Phi) is 3.40. The summed E-state index contributed by atoms with van der Waals surface area (Å²) in [5.41, 5.74) is 0. The molecule has 0 aromatic rings. The maximum Gasteiger partial charge on any atom is 0.205 e. The summed E-state index contributed by atoms with van der Waals surface area (Å²) in [6.45, 7) is 5.26. The molecule has 0 saturated carbocycles. The van der Waals surface area contributed by atoms with Gasteiger partial charge in [-0.25, -0.2) is 0 Å². The molecule has 1 heterocycles. The fraction of sp³-hybridized carbons (Fsp3) is 0.875. The predicted molar refractivity (Wildman–Crippen MR) is 48.7 cm³/mol. The predicted octanol–water partition coefficient (Wildman–Crippen LogP) is 1.26. The van der Waals surface area contributed by atoms with Gasteiger partial charge in [-0.2, -0.15) is 0 Å². The number of carbonyl (C=O) groups is 1. The highest BCUT2D eigenvalue weighted by Crippen LogP contribution is 2.19. The second kappa shape index (κ2) is 4.12. The van der Waals surface area contributed by atoms with Crippen molar-refractivity contribution in [3.63, 3.8) is 0 Å². The SMILES string of the molecule is CC(C)CN[C@@H]1CCSC1=O. The van der Waals surface area contributed by atoms with Crippen LogP contribution >= 0.6 is 11.8 Å². The molecule has 0 aromatic carbocycles. The number of hydrogen-bond donors (Lipinski definition) is 1. The molecule has 11 heavy (non-hydrogen) atoms. The number of rotatable bonds is 3. The van der Waals surface area contributed by atoms with E-state index < -0.39 is 0 Å². The Morgan fingerprint density at radius 1 is 1.73 bits per heavy atom. The van der Waals surface area contributed by atoms with Gasteiger partial charge in [-0.1, -0.05) is 25.6 Å². The van der Waals surface area contributed by atoms with E-state index in [0.717, 1.165) is 18.7 Å². The summed E-state index contributed by atoms with van der Waals surface area (Å²) in [5, 5.41) is 3.59. The minimum Gasteiger partial charge on any atom is -0.306 e. The molecule has 1 aliphatic rings. The summed E-state index contributed by atoms with van der Waals surface area (Å²) in [4.78, 5) is 11.1. The molecule has 3 heteroatoms. The maximum atomic E-state index is 11.1. The molecule has 0 aromatic heterocycles. The smallest absolute Gasteiger partial charge is 0.205 e. The topological polar surface area (TPSA) is 29.1 Å². The molecule has 0 radical (unpaired) electrons. The lowest BCUT2D eigenvalue weighted by atomic mass is 10.2. The molecular weight excluding hydrogens is 158 g/mol. The molecule has 1 fully saturated rings. The molecule has 1 N–H and O–H groups in total. The molecule has 1 saturated heterocycles. The quantitative estimate of drug-likeness (QED) is 0.696. The van der Waals surface area contributed by atoms with Gasteiger partial charge in [0.1, 0.15) is 0 Å². The Labute approximate surface area is 72.1 Å². The highest BCUT2D eigenvalue weighted by Gasteiger charge is 2.24. The van der Waals surface area contributed by atoms with Gasteiger partial charge in [0.25, 0.3) is 0 Å². The van der Waals surface area contributed by atoms with E-state index >= 15 is 0 Å². The van der Waals surface area contributed by atoms with Gasteiger partial charge in [-0.3, -0.25) is 4.79 Å². The van der Waals surface area contributed by atoms with Gasteiger partial charge in [-0.15, -0.1) is 0 Å². The van der Waals surface area contributed by atoms with Crippen molar-refractivity contribution >= 4 is 16.9 Å². The molecule has 0 aliphatic carbocycles. The van der Waals surface area contributed by atoms with Crippen molar-refractivity contribution in [1.82, 2.24) is 5.32 Å². The van der Waals surface area contributed by atoms with Crippen LogP contribution in [0, 0.1) is 5.92 Å². The number of thioether (sulfide) groups is 1. The van der Waals surface area contributed by atoms with Crippen molar-refractivity contribution in [3.05, 3.63) is 0 Å². The summed E-state index contributed by atoms with van der Waals surface area (Å²) < 4.78 is 0. The Morgan fingerprint density at radius 2 is 2.45 bits per heavy atom. The van der Waals surface area contributed by atoms with Gasteiger partial charge in [0.2, 0.25) is 5.12 Å². The van der Waals surface area contributed by atoms with Crippen LogP contribution in [0.1, 0.15) is 20.3 Å². The monoisotopic (exact) mass is 173 g/mol. The normalized spacial score (nSPS) is 25.0. The number of carbonyl (C=O) groups excluding carboxylic acids is 1. The van der Waals surface area contributed by atoms with E-state index in [4.69, 9.17) is 0 Å². The Morgan fingerprint density at radius 3 is 2.91 bits per heavy atom. The van der Waals surface area contributed by atoms with E-state index in [2.05, 4.69) is 19.2 Å². The van der Waals surface area contributed by atoms with Crippen LogP contribution in [0.3, 0.4) is 0 Å². The second-order valence-electron chi connectivity index (χ2n) is 3.31. The van der Waals surface area contributed by atoms with Gasteiger partial charge in [-0.05, 0) is 18.9 Å².